The Morgan fingerprint density at radius 1 is 1.56 bits per heavy atom. The van der Waals surface area contributed by atoms with E-state index in [1.807, 2.05) is 6.92 Å². The minimum Gasteiger partial charge on any atom is -0.396 e. The van der Waals surface area contributed by atoms with Gasteiger partial charge in [-0.2, -0.15) is 0 Å². The third-order valence-electron chi connectivity index (χ3n) is 1.54. The highest BCUT2D eigenvalue weighted by Crippen LogP contribution is 2.04. The van der Waals surface area contributed by atoms with Gasteiger partial charge < -0.3 is 10.8 Å². The van der Waals surface area contributed by atoms with Gasteiger partial charge in [0.1, 0.15) is 0 Å². The van der Waals surface area contributed by atoms with Crippen molar-refractivity contribution in [2.45, 2.75) is 32.7 Å². The molecule has 0 unspecified atom stereocenters. The lowest BCUT2D eigenvalue weighted by atomic mass is 10.0. The summed E-state index contributed by atoms with van der Waals surface area (Å²) in [6, 6.07) is 0.271. The Morgan fingerprint density at radius 2 is 2.11 bits per heavy atom. The van der Waals surface area contributed by atoms with E-state index in [1.54, 1.807) is 0 Å². The van der Waals surface area contributed by atoms with Gasteiger partial charge in [0.2, 0.25) is 0 Å². The SMILES string of the molecule is CC[C@@H](N)C[C@H](C)CO. The molecule has 0 saturated carbocycles. The van der Waals surface area contributed by atoms with Gasteiger partial charge in [0.25, 0.3) is 0 Å². The summed E-state index contributed by atoms with van der Waals surface area (Å²) in [6.07, 6.45) is 1.94. The zero-order valence-electron chi connectivity index (χ0n) is 6.30. The monoisotopic (exact) mass is 131 g/mol. The molecule has 0 spiro atoms. The molecule has 0 radical (unpaired) electrons. The minimum absolute atomic E-state index is 0.258. The lowest BCUT2D eigenvalue weighted by Crippen LogP contribution is -2.22. The lowest BCUT2D eigenvalue weighted by molar-refractivity contribution is 0.222. The average molecular weight is 131 g/mol. The second-order valence-electron chi connectivity index (χ2n) is 2.69. The maximum Gasteiger partial charge on any atom is 0.0457 e. The van der Waals surface area contributed by atoms with Crippen LogP contribution in [-0.2, 0) is 0 Å². The summed E-state index contributed by atoms with van der Waals surface area (Å²) in [6.45, 7) is 4.33. The van der Waals surface area contributed by atoms with E-state index in [4.69, 9.17) is 10.8 Å². The molecule has 0 amide bonds. The molecule has 56 valence electrons. The molecule has 0 aliphatic carbocycles. The van der Waals surface area contributed by atoms with Crippen molar-refractivity contribution < 1.29 is 5.11 Å². The highest BCUT2D eigenvalue weighted by atomic mass is 16.3. The fourth-order valence-corrected chi connectivity index (χ4v) is 0.758. The van der Waals surface area contributed by atoms with Crippen LogP contribution in [0.15, 0.2) is 0 Å². The molecule has 9 heavy (non-hydrogen) atoms. The highest BCUT2D eigenvalue weighted by molar-refractivity contribution is 4.62. The predicted molar refractivity (Wildman–Crippen MR) is 39.1 cm³/mol. The summed E-state index contributed by atoms with van der Waals surface area (Å²) in [4.78, 5) is 0. The molecular formula is C7H17NO. The molecule has 2 heteroatoms. The third kappa shape index (κ3) is 4.43. The first-order valence-electron chi connectivity index (χ1n) is 3.57. The Bertz CT molecular complexity index is 57.9. The Hall–Kier alpha value is -0.0800. The number of aliphatic hydroxyl groups excluding tert-OH is 1. The van der Waals surface area contributed by atoms with Crippen LogP contribution >= 0.6 is 0 Å². The Kier molecular flexibility index (Phi) is 4.72. The molecule has 0 bridgehead atoms. The molecule has 0 fully saturated rings. The normalized spacial score (nSPS) is 17.3. The molecule has 0 aliphatic rings. The zero-order chi connectivity index (χ0) is 7.28. The standard InChI is InChI=1S/C7H17NO/c1-3-7(8)4-6(2)5-9/h6-7,9H,3-5,8H2,1-2H3/t6-,7+/m0/s1. The van der Waals surface area contributed by atoms with E-state index in [-0.39, 0.29) is 12.6 Å². The van der Waals surface area contributed by atoms with Crippen molar-refractivity contribution in [1.29, 1.82) is 0 Å². The van der Waals surface area contributed by atoms with Crippen molar-refractivity contribution in [2.24, 2.45) is 11.7 Å². The fraction of sp³-hybridized carbons (Fsp3) is 1.00. The summed E-state index contributed by atoms with van der Waals surface area (Å²) in [7, 11) is 0. The number of hydrogen-bond acceptors (Lipinski definition) is 2. The van der Waals surface area contributed by atoms with Crippen LogP contribution in [0.4, 0.5) is 0 Å². The third-order valence-corrected chi connectivity index (χ3v) is 1.54. The minimum atomic E-state index is 0.258. The van der Waals surface area contributed by atoms with Crippen LogP contribution in [0.5, 0.6) is 0 Å². The smallest absolute Gasteiger partial charge is 0.0457 e. The van der Waals surface area contributed by atoms with Gasteiger partial charge in [0, 0.05) is 12.6 Å². The van der Waals surface area contributed by atoms with Crippen LogP contribution in [0.2, 0.25) is 0 Å². The van der Waals surface area contributed by atoms with Crippen LogP contribution in [-0.4, -0.2) is 17.8 Å². The molecule has 0 aliphatic heterocycles. The second kappa shape index (κ2) is 4.77. The maximum absolute atomic E-state index is 8.62. The molecular weight excluding hydrogens is 114 g/mol. The van der Waals surface area contributed by atoms with Gasteiger partial charge in [-0.25, -0.2) is 0 Å². The molecule has 2 nitrogen and oxygen atoms in total. The summed E-state index contributed by atoms with van der Waals surface area (Å²) >= 11 is 0. The number of rotatable bonds is 4. The van der Waals surface area contributed by atoms with Gasteiger partial charge in [0.05, 0.1) is 0 Å². The first kappa shape index (κ1) is 8.92. The molecule has 0 aromatic heterocycles. The molecule has 0 aromatic carbocycles. The average Bonchev–Trinajstić information content (AvgIpc) is 1.87. The maximum atomic E-state index is 8.62. The highest BCUT2D eigenvalue weighted by Gasteiger charge is 2.04. The van der Waals surface area contributed by atoms with E-state index >= 15 is 0 Å². The molecule has 3 N–H and O–H groups in total. The summed E-state index contributed by atoms with van der Waals surface area (Å²) in [5.74, 6) is 0.361. The van der Waals surface area contributed by atoms with Gasteiger partial charge in [-0.3, -0.25) is 0 Å². The lowest BCUT2D eigenvalue weighted by Gasteiger charge is -2.12. The van der Waals surface area contributed by atoms with Crippen molar-refractivity contribution in [3.63, 3.8) is 0 Å². The Morgan fingerprint density at radius 3 is 2.44 bits per heavy atom. The summed E-state index contributed by atoms with van der Waals surface area (Å²) in [5, 5.41) is 8.62. The molecule has 2 atom stereocenters. The molecule has 0 aromatic rings. The van der Waals surface area contributed by atoms with E-state index in [0.717, 1.165) is 12.8 Å². The predicted octanol–water partition coefficient (Wildman–Crippen LogP) is 0.742. The molecule has 0 heterocycles. The van der Waals surface area contributed by atoms with E-state index in [1.165, 1.54) is 0 Å². The van der Waals surface area contributed by atoms with Crippen LogP contribution < -0.4 is 5.73 Å². The van der Waals surface area contributed by atoms with Crippen molar-refractivity contribution in [3.05, 3.63) is 0 Å². The van der Waals surface area contributed by atoms with E-state index in [9.17, 15) is 0 Å². The van der Waals surface area contributed by atoms with Gasteiger partial charge in [-0.15, -0.1) is 0 Å². The van der Waals surface area contributed by atoms with Gasteiger partial charge in [-0.05, 0) is 18.8 Å². The number of aliphatic hydroxyl groups is 1. The van der Waals surface area contributed by atoms with Gasteiger partial charge >= 0.3 is 0 Å². The van der Waals surface area contributed by atoms with Crippen LogP contribution in [0.25, 0.3) is 0 Å². The van der Waals surface area contributed by atoms with E-state index in [0.29, 0.717) is 5.92 Å². The van der Waals surface area contributed by atoms with Crippen LogP contribution in [0.3, 0.4) is 0 Å². The first-order valence-corrected chi connectivity index (χ1v) is 3.57. The zero-order valence-corrected chi connectivity index (χ0v) is 6.30. The van der Waals surface area contributed by atoms with Crippen molar-refractivity contribution >= 4 is 0 Å². The van der Waals surface area contributed by atoms with Crippen molar-refractivity contribution in [2.75, 3.05) is 6.61 Å². The van der Waals surface area contributed by atoms with Gasteiger partial charge in [-0.1, -0.05) is 13.8 Å². The first-order chi connectivity index (χ1) is 4.20. The summed E-state index contributed by atoms with van der Waals surface area (Å²) < 4.78 is 0. The van der Waals surface area contributed by atoms with Crippen LogP contribution in [0, 0.1) is 5.92 Å². The molecule has 0 saturated heterocycles. The second-order valence-corrected chi connectivity index (χ2v) is 2.69. The largest absolute Gasteiger partial charge is 0.396 e. The van der Waals surface area contributed by atoms with Crippen molar-refractivity contribution in [3.8, 4) is 0 Å². The Balaban J connectivity index is 3.22. The van der Waals surface area contributed by atoms with Crippen LogP contribution in [0.1, 0.15) is 26.7 Å². The number of hydrogen-bond donors (Lipinski definition) is 2. The topological polar surface area (TPSA) is 46.2 Å². The van der Waals surface area contributed by atoms with E-state index < -0.39 is 0 Å². The van der Waals surface area contributed by atoms with Gasteiger partial charge in [0.15, 0.2) is 0 Å². The Labute approximate surface area is 57.1 Å². The summed E-state index contributed by atoms with van der Waals surface area (Å²) in [5.41, 5.74) is 5.64. The quantitative estimate of drug-likeness (QED) is 0.591. The van der Waals surface area contributed by atoms with E-state index in [2.05, 4.69) is 6.92 Å². The number of nitrogens with two attached hydrogens (primary N) is 1. The fourth-order valence-electron chi connectivity index (χ4n) is 0.758. The van der Waals surface area contributed by atoms with Crippen molar-refractivity contribution in [1.82, 2.24) is 0 Å². The molecule has 0 rings (SSSR count).